The molecule has 1 aromatic rings. The van der Waals surface area contributed by atoms with E-state index in [1.54, 1.807) is 17.0 Å². The SMILES string of the molecule is O=C(NC1CCN(C2CCC(F)(F)CC2)C1=O)c1ccc(NS(=O)(=O)CCO)cc1N1CCC2(CC1)CC2. The summed E-state index contributed by atoms with van der Waals surface area (Å²) in [5, 5.41) is 11.9. The van der Waals surface area contributed by atoms with Crippen LogP contribution in [0, 0.1) is 5.41 Å². The molecule has 5 rings (SSSR count). The van der Waals surface area contributed by atoms with Crippen LogP contribution in [0.5, 0.6) is 0 Å². The van der Waals surface area contributed by atoms with Crippen molar-refractivity contribution in [1.82, 2.24) is 10.2 Å². The van der Waals surface area contributed by atoms with Gasteiger partial charge in [-0.25, -0.2) is 17.2 Å². The third kappa shape index (κ3) is 5.90. The van der Waals surface area contributed by atoms with E-state index in [4.69, 9.17) is 5.11 Å². The van der Waals surface area contributed by atoms with Gasteiger partial charge in [0.2, 0.25) is 21.9 Å². The Hall–Kier alpha value is -2.47. The van der Waals surface area contributed by atoms with E-state index in [0.717, 1.165) is 25.9 Å². The first kappa shape index (κ1) is 27.1. The van der Waals surface area contributed by atoms with E-state index in [1.807, 2.05) is 0 Å². The molecule has 1 aromatic carbocycles. The van der Waals surface area contributed by atoms with Crippen LogP contribution in [0.1, 0.15) is 68.1 Å². The summed E-state index contributed by atoms with van der Waals surface area (Å²) >= 11 is 0. The van der Waals surface area contributed by atoms with Gasteiger partial charge in [0.25, 0.3) is 5.91 Å². The van der Waals surface area contributed by atoms with Crippen molar-refractivity contribution in [2.24, 2.45) is 5.41 Å². The van der Waals surface area contributed by atoms with Crippen LogP contribution in [0.3, 0.4) is 0 Å². The van der Waals surface area contributed by atoms with Gasteiger partial charge in [-0.2, -0.15) is 0 Å². The maximum atomic E-state index is 13.6. The van der Waals surface area contributed by atoms with Gasteiger partial charge in [-0.15, -0.1) is 0 Å². The van der Waals surface area contributed by atoms with Gasteiger partial charge in [0.1, 0.15) is 6.04 Å². The number of rotatable bonds is 8. The van der Waals surface area contributed by atoms with Crippen molar-refractivity contribution < 1.29 is 31.9 Å². The number of nitrogens with one attached hydrogen (secondary N) is 2. The first-order valence-corrected chi connectivity index (χ1v) is 15.1. The molecule has 4 fully saturated rings. The van der Waals surface area contributed by atoms with Gasteiger partial charge < -0.3 is 20.2 Å². The molecule has 9 nitrogen and oxygen atoms in total. The topological polar surface area (TPSA) is 119 Å². The van der Waals surface area contributed by atoms with Gasteiger partial charge in [-0.1, -0.05) is 0 Å². The molecule has 1 unspecified atom stereocenters. The number of alkyl halides is 2. The van der Waals surface area contributed by atoms with Crippen molar-refractivity contribution >= 4 is 33.2 Å². The second kappa shape index (κ2) is 10.3. The zero-order chi connectivity index (χ0) is 27.1. The Kier molecular flexibility index (Phi) is 7.32. The Labute approximate surface area is 222 Å². The van der Waals surface area contributed by atoms with Crippen molar-refractivity contribution in [1.29, 1.82) is 0 Å². The predicted molar refractivity (Wildman–Crippen MR) is 139 cm³/mol. The smallest absolute Gasteiger partial charge is 0.254 e. The fourth-order valence-corrected chi connectivity index (χ4v) is 6.90. The molecular weight excluding hydrogens is 518 g/mol. The Morgan fingerprint density at radius 1 is 1.03 bits per heavy atom. The van der Waals surface area contributed by atoms with E-state index in [2.05, 4.69) is 14.9 Å². The molecule has 2 aliphatic heterocycles. The average Bonchev–Trinajstić information content (AvgIpc) is 3.52. The highest BCUT2D eigenvalue weighted by atomic mass is 32.2. The second-order valence-corrected chi connectivity index (χ2v) is 13.1. The lowest BCUT2D eigenvalue weighted by molar-refractivity contribution is -0.134. The molecule has 1 atom stereocenters. The summed E-state index contributed by atoms with van der Waals surface area (Å²) in [7, 11) is -3.74. The first-order valence-electron chi connectivity index (χ1n) is 13.5. The van der Waals surface area contributed by atoms with Crippen molar-refractivity contribution in [3.05, 3.63) is 23.8 Å². The molecule has 0 radical (unpaired) electrons. The van der Waals surface area contributed by atoms with Crippen LogP contribution in [0.4, 0.5) is 20.2 Å². The molecule has 210 valence electrons. The molecule has 0 aromatic heterocycles. The summed E-state index contributed by atoms with van der Waals surface area (Å²) in [4.78, 5) is 30.3. The van der Waals surface area contributed by atoms with Gasteiger partial charge in [0, 0.05) is 38.5 Å². The lowest BCUT2D eigenvalue weighted by Crippen LogP contribution is -2.46. The summed E-state index contributed by atoms with van der Waals surface area (Å²) in [6, 6.07) is 3.75. The summed E-state index contributed by atoms with van der Waals surface area (Å²) in [6.07, 6.45) is 4.92. The number of amides is 2. The number of carbonyl (C=O) groups excluding carboxylic acids is 2. The standard InChI is InChI=1S/C26H36F2N4O5S/c27-26(28)6-3-19(4-7-26)32-12-5-21(24(32)35)29-23(34)20-2-1-18(30-38(36,37)16-15-33)17-22(20)31-13-10-25(8-9-25)11-14-31/h1-2,17,19,21,30,33H,3-16H2,(H,29,34). The lowest BCUT2D eigenvalue weighted by atomic mass is 9.91. The zero-order valence-corrected chi connectivity index (χ0v) is 22.2. The highest BCUT2D eigenvalue weighted by molar-refractivity contribution is 7.92. The Bertz CT molecular complexity index is 1170. The van der Waals surface area contributed by atoms with Crippen LogP contribution < -0.4 is 14.9 Å². The number of halogens is 2. The lowest BCUT2D eigenvalue weighted by Gasteiger charge is -2.35. The summed E-state index contributed by atoms with van der Waals surface area (Å²) < 4.78 is 54.1. The van der Waals surface area contributed by atoms with E-state index in [1.165, 1.54) is 18.9 Å². The minimum Gasteiger partial charge on any atom is -0.395 e. The molecule has 4 aliphatic rings. The summed E-state index contributed by atoms with van der Waals surface area (Å²) in [5.41, 5.74) is 1.65. The fourth-order valence-electron chi connectivity index (χ4n) is 6.07. The molecular formula is C26H36F2N4O5S. The van der Waals surface area contributed by atoms with Crippen LogP contribution in [-0.2, 0) is 14.8 Å². The van der Waals surface area contributed by atoms with Crippen molar-refractivity contribution in [2.45, 2.75) is 75.8 Å². The van der Waals surface area contributed by atoms with Gasteiger partial charge in [0.15, 0.2) is 0 Å². The zero-order valence-electron chi connectivity index (χ0n) is 21.4. The van der Waals surface area contributed by atoms with Crippen molar-refractivity contribution in [3.63, 3.8) is 0 Å². The fraction of sp³-hybridized carbons (Fsp3) is 0.692. The molecule has 38 heavy (non-hydrogen) atoms. The molecule has 0 bridgehead atoms. The van der Waals surface area contributed by atoms with Crippen LogP contribution in [0.15, 0.2) is 18.2 Å². The highest BCUT2D eigenvalue weighted by Gasteiger charge is 2.45. The third-order valence-electron chi connectivity index (χ3n) is 8.67. The first-order chi connectivity index (χ1) is 18.0. The van der Waals surface area contributed by atoms with Gasteiger partial charge in [0.05, 0.1) is 29.3 Å². The Balaban J connectivity index is 1.31. The van der Waals surface area contributed by atoms with E-state index in [-0.39, 0.29) is 37.6 Å². The van der Waals surface area contributed by atoms with E-state index >= 15 is 0 Å². The van der Waals surface area contributed by atoms with E-state index in [9.17, 15) is 26.8 Å². The summed E-state index contributed by atoms with van der Waals surface area (Å²) in [6.45, 7) is 1.41. The molecule has 12 heteroatoms. The second-order valence-electron chi connectivity index (χ2n) is 11.3. The monoisotopic (exact) mass is 554 g/mol. The van der Waals surface area contributed by atoms with Crippen LogP contribution in [0.2, 0.25) is 0 Å². The number of hydrogen-bond acceptors (Lipinski definition) is 6. The number of piperidine rings is 1. The number of likely N-dealkylation sites (tertiary alicyclic amines) is 1. The maximum absolute atomic E-state index is 13.6. The van der Waals surface area contributed by atoms with Gasteiger partial charge >= 0.3 is 0 Å². The predicted octanol–water partition coefficient (Wildman–Crippen LogP) is 2.71. The number of hydrogen-bond donors (Lipinski definition) is 3. The molecule has 2 saturated carbocycles. The number of benzene rings is 1. The molecule has 2 aliphatic carbocycles. The van der Waals surface area contributed by atoms with Crippen molar-refractivity contribution in [3.8, 4) is 0 Å². The number of aliphatic hydroxyl groups is 1. The molecule has 3 N–H and O–H groups in total. The molecule has 2 heterocycles. The average molecular weight is 555 g/mol. The number of aliphatic hydroxyl groups excluding tert-OH is 1. The molecule has 2 amide bonds. The minimum absolute atomic E-state index is 0.228. The van der Waals surface area contributed by atoms with Gasteiger partial charge in [-0.05, 0) is 68.6 Å². The van der Waals surface area contributed by atoms with E-state index in [0.29, 0.717) is 35.3 Å². The highest BCUT2D eigenvalue weighted by Crippen LogP contribution is 2.54. The Morgan fingerprint density at radius 3 is 2.34 bits per heavy atom. The number of anilines is 2. The molecule has 1 spiro atoms. The van der Waals surface area contributed by atoms with Gasteiger partial charge in [-0.3, -0.25) is 14.3 Å². The quantitative estimate of drug-likeness (QED) is 0.455. The van der Waals surface area contributed by atoms with Crippen LogP contribution >= 0.6 is 0 Å². The Morgan fingerprint density at radius 2 is 1.71 bits per heavy atom. The molecule has 2 saturated heterocycles. The number of carbonyl (C=O) groups is 2. The largest absolute Gasteiger partial charge is 0.395 e. The summed E-state index contributed by atoms with van der Waals surface area (Å²) in [5.74, 6) is -3.77. The van der Waals surface area contributed by atoms with E-state index < -0.39 is 40.3 Å². The van der Waals surface area contributed by atoms with Crippen molar-refractivity contribution in [2.75, 3.05) is 41.6 Å². The van der Waals surface area contributed by atoms with Crippen LogP contribution in [0.25, 0.3) is 0 Å². The number of nitrogens with zero attached hydrogens (tertiary/aromatic N) is 2. The maximum Gasteiger partial charge on any atom is 0.254 e. The minimum atomic E-state index is -3.74. The third-order valence-corrected chi connectivity index (χ3v) is 9.94. The number of sulfonamides is 1. The van der Waals surface area contributed by atoms with Crippen LogP contribution in [-0.4, -0.2) is 80.2 Å². The normalized spacial score (nSPS) is 25.0.